The molecule has 1 heterocycles. The van der Waals surface area contributed by atoms with Crippen LogP contribution in [0, 0.1) is 12.3 Å². The molecule has 0 radical (unpaired) electrons. The van der Waals surface area contributed by atoms with Gasteiger partial charge in [0.1, 0.15) is 0 Å². The van der Waals surface area contributed by atoms with Gasteiger partial charge in [0.05, 0.1) is 0 Å². The number of hydrogen-bond donors (Lipinski definition) is 1. The van der Waals surface area contributed by atoms with E-state index in [-0.39, 0.29) is 0 Å². The van der Waals surface area contributed by atoms with Crippen molar-refractivity contribution in [1.29, 1.82) is 0 Å². The molecule has 0 amide bonds. The maximum atomic E-state index is 3.60. The zero-order valence-electron chi connectivity index (χ0n) is 10.1. The minimum Gasteiger partial charge on any atom is -0.384 e. The lowest BCUT2D eigenvalue weighted by molar-refractivity contribution is 0.344. The molecule has 0 aliphatic carbocycles. The zero-order chi connectivity index (χ0) is 10.9. The fourth-order valence-electron chi connectivity index (χ4n) is 2.37. The Hall–Kier alpha value is -0.980. The summed E-state index contributed by atoms with van der Waals surface area (Å²) in [6.07, 6.45) is 3.85. The average molecular weight is 203 g/mol. The molecule has 0 fully saturated rings. The van der Waals surface area contributed by atoms with Crippen LogP contribution in [-0.4, -0.2) is 6.54 Å². The molecule has 1 nitrogen and oxygen atoms in total. The number of fused-ring (bicyclic) bond motifs is 1. The highest BCUT2D eigenvalue weighted by Crippen LogP contribution is 2.30. The molecule has 0 saturated carbocycles. The first-order valence-electron chi connectivity index (χ1n) is 5.91. The predicted molar refractivity (Wildman–Crippen MR) is 66.4 cm³/mol. The van der Waals surface area contributed by atoms with Gasteiger partial charge in [-0.05, 0) is 48.8 Å². The van der Waals surface area contributed by atoms with Crippen molar-refractivity contribution in [1.82, 2.24) is 0 Å². The van der Waals surface area contributed by atoms with E-state index in [4.69, 9.17) is 0 Å². The number of benzene rings is 1. The molecule has 0 spiro atoms. The molecule has 0 atom stereocenters. The Morgan fingerprint density at radius 2 is 2.07 bits per heavy atom. The summed E-state index contributed by atoms with van der Waals surface area (Å²) in [6, 6.07) is 6.58. The standard InChI is InChI=1S/C14H21N/c1-11-6-4-8-13-12(11)7-5-9-14(2,3)10-15-13/h4,6,8,15H,5,7,9-10H2,1-3H3. The van der Waals surface area contributed by atoms with E-state index in [2.05, 4.69) is 44.3 Å². The van der Waals surface area contributed by atoms with Gasteiger partial charge in [0.25, 0.3) is 0 Å². The van der Waals surface area contributed by atoms with E-state index in [0.29, 0.717) is 5.41 Å². The summed E-state index contributed by atoms with van der Waals surface area (Å²) in [5.74, 6) is 0. The summed E-state index contributed by atoms with van der Waals surface area (Å²) in [5.41, 5.74) is 4.73. The normalized spacial score (nSPS) is 19.7. The Kier molecular flexibility index (Phi) is 2.72. The van der Waals surface area contributed by atoms with Gasteiger partial charge >= 0.3 is 0 Å². The van der Waals surface area contributed by atoms with E-state index in [1.165, 1.54) is 36.1 Å². The predicted octanol–water partition coefficient (Wildman–Crippen LogP) is 3.77. The van der Waals surface area contributed by atoms with Crippen LogP contribution in [0.25, 0.3) is 0 Å². The lowest BCUT2D eigenvalue weighted by atomic mass is 9.84. The van der Waals surface area contributed by atoms with Gasteiger partial charge in [0.15, 0.2) is 0 Å². The van der Waals surface area contributed by atoms with Gasteiger partial charge in [-0.3, -0.25) is 0 Å². The van der Waals surface area contributed by atoms with Crippen LogP contribution >= 0.6 is 0 Å². The molecular formula is C14H21N. The van der Waals surface area contributed by atoms with Gasteiger partial charge in [-0.1, -0.05) is 26.0 Å². The summed E-state index contributed by atoms with van der Waals surface area (Å²) in [5, 5.41) is 3.60. The third-order valence-electron chi connectivity index (χ3n) is 3.45. The van der Waals surface area contributed by atoms with Crippen LogP contribution < -0.4 is 5.32 Å². The van der Waals surface area contributed by atoms with Gasteiger partial charge in [-0.15, -0.1) is 0 Å². The average Bonchev–Trinajstić information content (AvgIpc) is 2.16. The summed E-state index contributed by atoms with van der Waals surface area (Å²) in [7, 11) is 0. The molecule has 0 saturated heterocycles. The van der Waals surface area contributed by atoms with Gasteiger partial charge in [0, 0.05) is 12.2 Å². The SMILES string of the molecule is Cc1cccc2c1CCCC(C)(C)CN2. The second-order valence-electron chi connectivity index (χ2n) is 5.47. The molecule has 1 heteroatoms. The van der Waals surface area contributed by atoms with Crippen LogP contribution in [0.5, 0.6) is 0 Å². The molecule has 1 aromatic carbocycles. The summed E-state index contributed by atoms with van der Waals surface area (Å²) in [6.45, 7) is 8.00. The Morgan fingerprint density at radius 1 is 1.27 bits per heavy atom. The Bertz CT molecular complexity index is 352. The van der Waals surface area contributed by atoms with Crippen LogP contribution in [0.1, 0.15) is 37.8 Å². The highest BCUT2D eigenvalue weighted by Gasteiger charge is 2.20. The van der Waals surface area contributed by atoms with Gasteiger partial charge in [-0.25, -0.2) is 0 Å². The Morgan fingerprint density at radius 3 is 2.87 bits per heavy atom. The van der Waals surface area contributed by atoms with E-state index < -0.39 is 0 Å². The Labute approximate surface area is 92.9 Å². The molecule has 0 aromatic heterocycles. The molecule has 1 aliphatic rings. The first-order chi connectivity index (χ1) is 7.08. The van der Waals surface area contributed by atoms with Crippen molar-refractivity contribution in [2.75, 3.05) is 11.9 Å². The van der Waals surface area contributed by atoms with Crippen molar-refractivity contribution in [3.8, 4) is 0 Å². The maximum Gasteiger partial charge on any atom is 0.0375 e. The van der Waals surface area contributed by atoms with E-state index in [1.807, 2.05) is 0 Å². The van der Waals surface area contributed by atoms with E-state index in [1.54, 1.807) is 0 Å². The fraction of sp³-hybridized carbons (Fsp3) is 0.571. The van der Waals surface area contributed by atoms with Crippen LogP contribution in [0.2, 0.25) is 0 Å². The topological polar surface area (TPSA) is 12.0 Å². The molecule has 1 aliphatic heterocycles. The molecule has 2 rings (SSSR count). The molecule has 1 aromatic rings. The summed E-state index contributed by atoms with van der Waals surface area (Å²) in [4.78, 5) is 0. The third-order valence-corrected chi connectivity index (χ3v) is 3.45. The van der Waals surface area contributed by atoms with Crippen LogP contribution in [-0.2, 0) is 6.42 Å². The molecular weight excluding hydrogens is 182 g/mol. The maximum absolute atomic E-state index is 3.60. The van der Waals surface area contributed by atoms with Gasteiger partial charge in [-0.2, -0.15) is 0 Å². The molecule has 1 N–H and O–H groups in total. The van der Waals surface area contributed by atoms with Crippen molar-refractivity contribution in [3.05, 3.63) is 29.3 Å². The van der Waals surface area contributed by atoms with Crippen LogP contribution in [0.4, 0.5) is 5.69 Å². The fourth-order valence-corrected chi connectivity index (χ4v) is 2.37. The minimum absolute atomic E-state index is 0.432. The van der Waals surface area contributed by atoms with Crippen LogP contribution in [0.15, 0.2) is 18.2 Å². The monoisotopic (exact) mass is 203 g/mol. The second kappa shape index (κ2) is 3.88. The summed E-state index contributed by atoms with van der Waals surface area (Å²) < 4.78 is 0. The van der Waals surface area contributed by atoms with Crippen molar-refractivity contribution < 1.29 is 0 Å². The highest BCUT2D eigenvalue weighted by molar-refractivity contribution is 5.55. The van der Waals surface area contributed by atoms with Crippen molar-refractivity contribution >= 4 is 5.69 Å². The summed E-state index contributed by atoms with van der Waals surface area (Å²) >= 11 is 0. The first kappa shape index (κ1) is 10.5. The minimum atomic E-state index is 0.432. The van der Waals surface area contributed by atoms with Gasteiger partial charge < -0.3 is 5.32 Å². The van der Waals surface area contributed by atoms with Crippen molar-refractivity contribution in [2.45, 2.75) is 40.0 Å². The number of anilines is 1. The van der Waals surface area contributed by atoms with E-state index in [9.17, 15) is 0 Å². The van der Waals surface area contributed by atoms with E-state index in [0.717, 1.165) is 6.54 Å². The van der Waals surface area contributed by atoms with Gasteiger partial charge in [0.2, 0.25) is 0 Å². The number of nitrogens with one attached hydrogen (secondary N) is 1. The smallest absolute Gasteiger partial charge is 0.0375 e. The molecule has 0 bridgehead atoms. The Balaban J connectivity index is 2.29. The second-order valence-corrected chi connectivity index (χ2v) is 5.47. The largest absolute Gasteiger partial charge is 0.384 e. The zero-order valence-corrected chi connectivity index (χ0v) is 10.1. The number of hydrogen-bond acceptors (Lipinski definition) is 1. The quantitative estimate of drug-likeness (QED) is 0.677. The first-order valence-corrected chi connectivity index (χ1v) is 5.91. The highest BCUT2D eigenvalue weighted by atomic mass is 14.9. The number of rotatable bonds is 0. The number of aryl methyl sites for hydroxylation is 1. The molecule has 0 unspecified atom stereocenters. The molecule has 82 valence electrons. The lowest BCUT2D eigenvalue weighted by Crippen LogP contribution is -2.25. The van der Waals surface area contributed by atoms with Crippen molar-refractivity contribution in [3.63, 3.8) is 0 Å². The lowest BCUT2D eigenvalue weighted by Gasteiger charge is -2.29. The van der Waals surface area contributed by atoms with Crippen molar-refractivity contribution in [2.24, 2.45) is 5.41 Å². The third kappa shape index (κ3) is 2.34. The molecule has 15 heavy (non-hydrogen) atoms. The van der Waals surface area contributed by atoms with E-state index >= 15 is 0 Å². The van der Waals surface area contributed by atoms with Crippen LogP contribution in [0.3, 0.4) is 0 Å².